The van der Waals surface area contributed by atoms with Crippen LogP contribution in [0.3, 0.4) is 0 Å². The van der Waals surface area contributed by atoms with Gasteiger partial charge in [-0.15, -0.1) is 0 Å². The number of fused-ring (bicyclic) bond motifs is 1. The molecule has 1 aromatic carbocycles. The standard InChI is InChI=1S/C11H11NO5/c1-2-16-6-3-4-7-8(5-6)17-10(12-7)9(13)11(14)15/h3-5,9,13H,2H2,1H3,(H,14,15). The Morgan fingerprint density at radius 2 is 2.35 bits per heavy atom. The smallest absolute Gasteiger partial charge is 0.342 e. The van der Waals surface area contributed by atoms with E-state index in [9.17, 15) is 9.90 Å². The van der Waals surface area contributed by atoms with Gasteiger partial charge in [0.05, 0.1) is 6.61 Å². The molecule has 0 aliphatic rings. The van der Waals surface area contributed by atoms with E-state index >= 15 is 0 Å². The Hall–Kier alpha value is -2.08. The van der Waals surface area contributed by atoms with E-state index in [2.05, 4.69) is 4.98 Å². The first-order chi connectivity index (χ1) is 8.11. The number of benzene rings is 1. The maximum atomic E-state index is 10.6. The van der Waals surface area contributed by atoms with Gasteiger partial charge in [-0.05, 0) is 19.1 Å². The van der Waals surface area contributed by atoms with E-state index in [-0.39, 0.29) is 5.89 Å². The molecule has 1 heterocycles. The second-order valence-electron chi connectivity index (χ2n) is 3.36. The van der Waals surface area contributed by atoms with Crippen molar-refractivity contribution in [2.45, 2.75) is 13.0 Å². The van der Waals surface area contributed by atoms with Crippen molar-refractivity contribution in [3.05, 3.63) is 24.1 Å². The molecule has 1 unspecified atom stereocenters. The zero-order valence-corrected chi connectivity index (χ0v) is 9.08. The van der Waals surface area contributed by atoms with E-state index < -0.39 is 12.1 Å². The molecule has 0 aliphatic carbocycles. The SMILES string of the molecule is CCOc1ccc2nc(C(O)C(=O)O)oc2c1. The molecule has 17 heavy (non-hydrogen) atoms. The van der Waals surface area contributed by atoms with Gasteiger partial charge < -0.3 is 19.4 Å². The third-order valence-corrected chi connectivity index (χ3v) is 2.16. The van der Waals surface area contributed by atoms with Crippen LogP contribution >= 0.6 is 0 Å². The number of aromatic nitrogens is 1. The van der Waals surface area contributed by atoms with Gasteiger partial charge in [-0.1, -0.05) is 0 Å². The van der Waals surface area contributed by atoms with E-state index in [1.165, 1.54) is 0 Å². The first-order valence-electron chi connectivity index (χ1n) is 5.06. The normalized spacial score (nSPS) is 12.6. The predicted octanol–water partition coefficient (Wildman–Crippen LogP) is 1.34. The Morgan fingerprint density at radius 1 is 1.59 bits per heavy atom. The first-order valence-corrected chi connectivity index (χ1v) is 5.06. The monoisotopic (exact) mass is 237 g/mol. The number of hydrogen-bond donors (Lipinski definition) is 2. The molecule has 2 N–H and O–H groups in total. The number of nitrogens with zero attached hydrogens (tertiary/aromatic N) is 1. The molecule has 6 heteroatoms. The van der Waals surface area contributed by atoms with Crippen molar-refractivity contribution in [3.8, 4) is 5.75 Å². The Labute approximate surface area is 96.5 Å². The summed E-state index contributed by atoms with van der Waals surface area (Å²) < 4.78 is 10.4. The number of oxazole rings is 1. The molecular formula is C11H11NO5. The summed E-state index contributed by atoms with van der Waals surface area (Å²) in [5.41, 5.74) is 0.856. The van der Waals surface area contributed by atoms with Gasteiger partial charge in [-0.3, -0.25) is 0 Å². The number of ether oxygens (including phenoxy) is 1. The van der Waals surface area contributed by atoms with Gasteiger partial charge in [-0.25, -0.2) is 9.78 Å². The number of aliphatic hydroxyl groups is 1. The summed E-state index contributed by atoms with van der Waals surface area (Å²) in [6.07, 6.45) is -1.75. The second-order valence-corrected chi connectivity index (χ2v) is 3.36. The molecule has 0 bridgehead atoms. The number of carboxylic acid groups (broad SMARTS) is 1. The highest BCUT2D eigenvalue weighted by molar-refractivity contribution is 5.77. The lowest BCUT2D eigenvalue weighted by molar-refractivity contribution is -0.148. The van der Waals surface area contributed by atoms with E-state index in [1.807, 2.05) is 6.92 Å². The Morgan fingerprint density at radius 3 is 3.00 bits per heavy atom. The zero-order chi connectivity index (χ0) is 12.4. The number of aliphatic carboxylic acids is 1. The van der Waals surface area contributed by atoms with Gasteiger partial charge in [0.1, 0.15) is 11.3 Å². The number of carboxylic acids is 1. The summed E-state index contributed by atoms with van der Waals surface area (Å²) in [6, 6.07) is 4.94. The quantitative estimate of drug-likeness (QED) is 0.833. The van der Waals surface area contributed by atoms with Gasteiger partial charge >= 0.3 is 5.97 Å². The van der Waals surface area contributed by atoms with Crippen LogP contribution in [0.5, 0.6) is 5.75 Å². The van der Waals surface area contributed by atoms with Gasteiger partial charge in [0.25, 0.3) is 0 Å². The van der Waals surface area contributed by atoms with Crippen molar-refractivity contribution in [2.75, 3.05) is 6.61 Å². The van der Waals surface area contributed by atoms with Gasteiger partial charge in [-0.2, -0.15) is 0 Å². The average Bonchev–Trinajstić information content (AvgIpc) is 2.71. The number of hydrogen-bond acceptors (Lipinski definition) is 5. The Bertz CT molecular complexity index is 548. The molecular weight excluding hydrogens is 226 g/mol. The Balaban J connectivity index is 2.40. The molecule has 6 nitrogen and oxygen atoms in total. The van der Waals surface area contributed by atoms with Crippen LogP contribution in [0.4, 0.5) is 0 Å². The van der Waals surface area contributed by atoms with E-state index in [0.29, 0.717) is 23.5 Å². The summed E-state index contributed by atoms with van der Waals surface area (Å²) in [7, 11) is 0. The van der Waals surface area contributed by atoms with Crippen LogP contribution in [0.25, 0.3) is 11.1 Å². The van der Waals surface area contributed by atoms with Crippen LogP contribution in [0, 0.1) is 0 Å². The van der Waals surface area contributed by atoms with Crippen LogP contribution in [-0.2, 0) is 4.79 Å². The summed E-state index contributed by atoms with van der Waals surface area (Å²) in [6.45, 7) is 2.37. The van der Waals surface area contributed by atoms with Crippen molar-refractivity contribution in [3.63, 3.8) is 0 Å². The van der Waals surface area contributed by atoms with E-state index in [0.717, 1.165) is 0 Å². The maximum Gasteiger partial charge on any atom is 0.342 e. The van der Waals surface area contributed by atoms with E-state index in [4.69, 9.17) is 14.3 Å². The maximum absolute atomic E-state index is 10.6. The lowest BCUT2D eigenvalue weighted by atomic mass is 10.3. The summed E-state index contributed by atoms with van der Waals surface area (Å²) >= 11 is 0. The minimum Gasteiger partial charge on any atom is -0.494 e. The molecule has 0 spiro atoms. The second kappa shape index (κ2) is 4.42. The van der Waals surface area contributed by atoms with Crippen LogP contribution < -0.4 is 4.74 Å². The molecule has 0 fully saturated rings. The molecule has 2 aromatic rings. The predicted molar refractivity (Wildman–Crippen MR) is 57.8 cm³/mol. The highest BCUT2D eigenvalue weighted by atomic mass is 16.5. The number of aliphatic hydroxyl groups excluding tert-OH is 1. The molecule has 90 valence electrons. The van der Waals surface area contributed by atoms with Gasteiger partial charge in [0.15, 0.2) is 5.58 Å². The number of carbonyl (C=O) groups is 1. The minimum absolute atomic E-state index is 0.235. The molecule has 2 rings (SSSR count). The van der Waals surface area contributed by atoms with Crippen molar-refractivity contribution in [2.24, 2.45) is 0 Å². The van der Waals surface area contributed by atoms with Crippen molar-refractivity contribution >= 4 is 17.1 Å². The van der Waals surface area contributed by atoms with Crippen molar-refractivity contribution in [1.29, 1.82) is 0 Å². The highest BCUT2D eigenvalue weighted by Crippen LogP contribution is 2.24. The Kier molecular flexibility index (Phi) is 2.97. The van der Waals surface area contributed by atoms with Gasteiger partial charge in [0, 0.05) is 6.07 Å². The third kappa shape index (κ3) is 2.21. The first kappa shape index (κ1) is 11.4. The largest absolute Gasteiger partial charge is 0.494 e. The fraction of sp³-hybridized carbons (Fsp3) is 0.273. The molecule has 0 radical (unpaired) electrons. The minimum atomic E-state index is -1.75. The van der Waals surface area contributed by atoms with Crippen LogP contribution in [0.15, 0.2) is 22.6 Å². The molecule has 0 saturated carbocycles. The molecule has 0 saturated heterocycles. The molecule has 0 amide bonds. The lowest BCUT2D eigenvalue weighted by Crippen LogP contribution is -2.10. The summed E-state index contributed by atoms with van der Waals surface area (Å²) in [4.78, 5) is 14.5. The zero-order valence-electron chi connectivity index (χ0n) is 9.08. The summed E-state index contributed by atoms with van der Waals surface area (Å²) in [5.74, 6) is -1.03. The van der Waals surface area contributed by atoms with Crippen LogP contribution in [-0.4, -0.2) is 27.8 Å². The van der Waals surface area contributed by atoms with Crippen molar-refractivity contribution < 1.29 is 24.2 Å². The van der Waals surface area contributed by atoms with Crippen LogP contribution in [0.1, 0.15) is 18.9 Å². The molecule has 1 aromatic heterocycles. The lowest BCUT2D eigenvalue weighted by Gasteiger charge is -2.00. The number of rotatable bonds is 4. The highest BCUT2D eigenvalue weighted by Gasteiger charge is 2.22. The van der Waals surface area contributed by atoms with Gasteiger partial charge in [0.2, 0.25) is 12.0 Å². The molecule has 1 atom stereocenters. The third-order valence-electron chi connectivity index (χ3n) is 2.16. The molecule has 0 aliphatic heterocycles. The topological polar surface area (TPSA) is 92.8 Å². The van der Waals surface area contributed by atoms with Crippen LogP contribution in [0.2, 0.25) is 0 Å². The fourth-order valence-electron chi connectivity index (χ4n) is 1.40. The summed E-state index contributed by atoms with van der Waals surface area (Å²) in [5, 5.41) is 17.9. The van der Waals surface area contributed by atoms with E-state index in [1.54, 1.807) is 18.2 Å². The fourth-order valence-corrected chi connectivity index (χ4v) is 1.40. The average molecular weight is 237 g/mol. The van der Waals surface area contributed by atoms with Crippen molar-refractivity contribution in [1.82, 2.24) is 4.98 Å².